The highest BCUT2D eigenvalue weighted by atomic mass is 16.6. The van der Waals surface area contributed by atoms with Crippen molar-refractivity contribution in [3.05, 3.63) is 33.9 Å². The third-order valence-electron chi connectivity index (χ3n) is 3.86. The summed E-state index contributed by atoms with van der Waals surface area (Å²) in [7, 11) is 0. The van der Waals surface area contributed by atoms with Crippen LogP contribution in [0, 0.1) is 33.3 Å². The van der Waals surface area contributed by atoms with Crippen molar-refractivity contribution in [2.75, 3.05) is 11.9 Å². The molecule has 0 aromatic heterocycles. The van der Waals surface area contributed by atoms with Gasteiger partial charge in [0.2, 0.25) is 0 Å². The Morgan fingerprint density at radius 1 is 1.52 bits per heavy atom. The summed E-state index contributed by atoms with van der Waals surface area (Å²) in [5.74, 6) is -1.07. The lowest BCUT2D eigenvalue weighted by Crippen LogP contribution is -2.24. The number of aliphatic carboxylic acids is 1. The predicted molar refractivity (Wildman–Crippen MR) is 74.8 cm³/mol. The molecule has 2 rings (SSSR count). The number of nitrogens with zero attached hydrogens (tertiary/aromatic N) is 2. The van der Waals surface area contributed by atoms with Crippen molar-refractivity contribution >= 4 is 17.3 Å². The Labute approximate surface area is 121 Å². The van der Waals surface area contributed by atoms with Crippen LogP contribution >= 0.6 is 0 Å². The van der Waals surface area contributed by atoms with Gasteiger partial charge in [0, 0.05) is 18.3 Å². The van der Waals surface area contributed by atoms with E-state index in [9.17, 15) is 14.9 Å². The first kappa shape index (κ1) is 14.8. The molecule has 0 aliphatic heterocycles. The number of nitriles is 1. The minimum Gasteiger partial charge on any atom is -0.481 e. The summed E-state index contributed by atoms with van der Waals surface area (Å²) in [6, 6.07) is 6.03. The van der Waals surface area contributed by atoms with E-state index in [1.165, 1.54) is 18.2 Å². The van der Waals surface area contributed by atoms with Crippen molar-refractivity contribution in [2.45, 2.75) is 19.3 Å². The molecule has 1 aromatic carbocycles. The molecule has 1 aromatic rings. The van der Waals surface area contributed by atoms with E-state index in [2.05, 4.69) is 5.32 Å². The standard InChI is InChI=1S/C14H15N3O4/c15-7-10-6-11(4-5-13(10)17(20)21)16-8-9-2-1-3-12(9)14(18)19/h4-6,9,12,16H,1-3,8H2,(H,18,19). The van der Waals surface area contributed by atoms with Gasteiger partial charge in [-0.25, -0.2) is 0 Å². The second-order valence-electron chi connectivity index (χ2n) is 5.12. The molecule has 0 radical (unpaired) electrons. The normalized spacial score (nSPS) is 20.7. The van der Waals surface area contributed by atoms with Gasteiger partial charge in [0.15, 0.2) is 0 Å². The first-order valence-corrected chi connectivity index (χ1v) is 6.68. The van der Waals surface area contributed by atoms with Crippen molar-refractivity contribution in [3.63, 3.8) is 0 Å². The largest absolute Gasteiger partial charge is 0.481 e. The van der Waals surface area contributed by atoms with Crippen molar-refractivity contribution in [2.24, 2.45) is 11.8 Å². The minimum absolute atomic E-state index is 0.00814. The zero-order valence-corrected chi connectivity index (χ0v) is 11.3. The molecule has 2 unspecified atom stereocenters. The summed E-state index contributed by atoms with van der Waals surface area (Å²) >= 11 is 0. The van der Waals surface area contributed by atoms with Gasteiger partial charge < -0.3 is 10.4 Å². The molecule has 7 heteroatoms. The van der Waals surface area contributed by atoms with E-state index < -0.39 is 10.9 Å². The van der Waals surface area contributed by atoms with Gasteiger partial charge in [-0.2, -0.15) is 5.26 Å². The summed E-state index contributed by atoms with van der Waals surface area (Å²) in [6.45, 7) is 0.486. The zero-order chi connectivity index (χ0) is 15.4. The maximum absolute atomic E-state index is 11.1. The van der Waals surface area contributed by atoms with Gasteiger partial charge in [-0.1, -0.05) is 6.42 Å². The number of anilines is 1. The molecule has 21 heavy (non-hydrogen) atoms. The molecule has 1 fully saturated rings. The summed E-state index contributed by atoms with van der Waals surface area (Å²) in [5.41, 5.74) is 0.353. The molecule has 1 aliphatic rings. The van der Waals surface area contributed by atoms with E-state index in [4.69, 9.17) is 10.4 Å². The number of hydrogen-bond donors (Lipinski definition) is 2. The van der Waals surface area contributed by atoms with Crippen LogP contribution in [0.3, 0.4) is 0 Å². The molecule has 2 N–H and O–H groups in total. The predicted octanol–water partition coefficient (Wildman–Crippen LogP) is 2.38. The smallest absolute Gasteiger partial charge is 0.306 e. The number of nitro groups is 1. The van der Waals surface area contributed by atoms with Gasteiger partial charge in [-0.15, -0.1) is 0 Å². The van der Waals surface area contributed by atoms with Gasteiger partial charge in [0.1, 0.15) is 11.6 Å². The first-order valence-electron chi connectivity index (χ1n) is 6.68. The number of carboxylic acid groups (broad SMARTS) is 1. The zero-order valence-electron chi connectivity index (χ0n) is 11.3. The Kier molecular flexibility index (Phi) is 4.38. The number of carboxylic acids is 1. The molecule has 0 amide bonds. The molecule has 1 aliphatic carbocycles. The van der Waals surface area contributed by atoms with Crippen LogP contribution in [0.1, 0.15) is 24.8 Å². The van der Waals surface area contributed by atoms with Crippen LogP contribution in [0.25, 0.3) is 0 Å². The fourth-order valence-corrected chi connectivity index (χ4v) is 2.75. The van der Waals surface area contributed by atoms with E-state index in [0.717, 1.165) is 12.8 Å². The number of hydrogen-bond acceptors (Lipinski definition) is 5. The summed E-state index contributed by atoms with van der Waals surface area (Å²) in [5, 5.41) is 31.9. The van der Waals surface area contributed by atoms with Crippen LogP contribution in [0.4, 0.5) is 11.4 Å². The van der Waals surface area contributed by atoms with Gasteiger partial charge in [-0.3, -0.25) is 14.9 Å². The highest BCUT2D eigenvalue weighted by Crippen LogP contribution is 2.32. The van der Waals surface area contributed by atoms with E-state index >= 15 is 0 Å². The summed E-state index contributed by atoms with van der Waals surface area (Å²) in [4.78, 5) is 21.2. The Morgan fingerprint density at radius 3 is 2.90 bits per heavy atom. The lowest BCUT2D eigenvalue weighted by Gasteiger charge is -2.17. The second-order valence-corrected chi connectivity index (χ2v) is 5.12. The maximum Gasteiger partial charge on any atom is 0.306 e. The Hall–Kier alpha value is -2.62. The van der Waals surface area contributed by atoms with Crippen LogP contribution in [0.2, 0.25) is 0 Å². The third kappa shape index (κ3) is 3.28. The minimum atomic E-state index is -0.777. The van der Waals surface area contributed by atoms with Crippen LogP contribution in [0.5, 0.6) is 0 Å². The lowest BCUT2D eigenvalue weighted by atomic mass is 9.96. The van der Waals surface area contributed by atoms with Gasteiger partial charge >= 0.3 is 5.97 Å². The first-order chi connectivity index (χ1) is 10.0. The van der Waals surface area contributed by atoms with Gasteiger partial charge in [0.25, 0.3) is 5.69 Å². The third-order valence-corrected chi connectivity index (χ3v) is 3.86. The summed E-state index contributed by atoms with van der Waals surface area (Å²) < 4.78 is 0. The molecule has 0 heterocycles. The van der Waals surface area contributed by atoms with Crippen molar-refractivity contribution < 1.29 is 14.8 Å². The number of rotatable bonds is 5. The number of benzene rings is 1. The molecule has 2 atom stereocenters. The number of nitrogens with one attached hydrogen (secondary N) is 1. The highest BCUT2D eigenvalue weighted by molar-refractivity contribution is 5.71. The van der Waals surface area contributed by atoms with Crippen LogP contribution in [-0.4, -0.2) is 22.5 Å². The number of carbonyl (C=O) groups is 1. The fraction of sp³-hybridized carbons (Fsp3) is 0.429. The Morgan fingerprint density at radius 2 is 2.29 bits per heavy atom. The highest BCUT2D eigenvalue weighted by Gasteiger charge is 2.32. The summed E-state index contributed by atoms with van der Waals surface area (Å²) in [6.07, 6.45) is 2.43. The van der Waals surface area contributed by atoms with Crippen LogP contribution in [0.15, 0.2) is 18.2 Å². The van der Waals surface area contributed by atoms with Gasteiger partial charge in [-0.05, 0) is 30.9 Å². The molecule has 110 valence electrons. The van der Waals surface area contributed by atoms with Crippen molar-refractivity contribution in [1.82, 2.24) is 0 Å². The molecular formula is C14H15N3O4. The van der Waals surface area contributed by atoms with Crippen LogP contribution in [-0.2, 0) is 4.79 Å². The Bertz CT molecular complexity index is 609. The maximum atomic E-state index is 11.1. The molecule has 7 nitrogen and oxygen atoms in total. The van der Waals surface area contributed by atoms with E-state index in [-0.39, 0.29) is 23.1 Å². The van der Waals surface area contributed by atoms with Crippen molar-refractivity contribution in [1.29, 1.82) is 5.26 Å². The van der Waals surface area contributed by atoms with Crippen LogP contribution < -0.4 is 5.32 Å². The fourth-order valence-electron chi connectivity index (χ4n) is 2.75. The molecule has 0 spiro atoms. The molecule has 1 saturated carbocycles. The quantitative estimate of drug-likeness (QED) is 0.635. The average molecular weight is 289 g/mol. The van der Waals surface area contributed by atoms with E-state index in [1.807, 2.05) is 0 Å². The number of nitro benzene ring substituents is 1. The second kappa shape index (κ2) is 6.22. The topological polar surface area (TPSA) is 116 Å². The van der Waals surface area contributed by atoms with Crippen molar-refractivity contribution in [3.8, 4) is 6.07 Å². The average Bonchev–Trinajstić information content (AvgIpc) is 2.93. The molecule has 0 saturated heterocycles. The monoisotopic (exact) mass is 289 g/mol. The Balaban J connectivity index is 2.06. The van der Waals surface area contributed by atoms with E-state index in [1.54, 1.807) is 6.07 Å². The van der Waals surface area contributed by atoms with Gasteiger partial charge in [0.05, 0.1) is 10.8 Å². The SMILES string of the molecule is N#Cc1cc(NCC2CCCC2C(=O)O)ccc1[N+](=O)[O-]. The lowest BCUT2D eigenvalue weighted by molar-refractivity contribution is -0.385. The molecule has 0 bridgehead atoms. The molecular weight excluding hydrogens is 274 g/mol. The van der Waals surface area contributed by atoms with E-state index in [0.29, 0.717) is 18.7 Å².